The van der Waals surface area contributed by atoms with Gasteiger partial charge in [0.15, 0.2) is 0 Å². The van der Waals surface area contributed by atoms with Gasteiger partial charge in [-0.3, -0.25) is 9.69 Å². The topological polar surface area (TPSA) is 58.4 Å². The molecular formula is C16H27N3O. The number of amides is 1. The minimum absolute atomic E-state index is 0.0805. The Morgan fingerprint density at radius 3 is 2.60 bits per heavy atom. The Hall–Kier alpha value is -1.55. The number of hydrogen-bond acceptors (Lipinski definition) is 3. The molecule has 1 atom stereocenters. The maximum Gasteiger partial charge on any atom is 0.234 e. The van der Waals surface area contributed by atoms with Gasteiger partial charge in [-0.2, -0.15) is 0 Å². The summed E-state index contributed by atoms with van der Waals surface area (Å²) in [6, 6.07) is 8.01. The van der Waals surface area contributed by atoms with Gasteiger partial charge in [-0.1, -0.05) is 32.9 Å². The lowest BCUT2D eigenvalue weighted by Gasteiger charge is -2.23. The van der Waals surface area contributed by atoms with Gasteiger partial charge >= 0.3 is 0 Å². The molecule has 1 aromatic rings. The van der Waals surface area contributed by atoms with Gasteiger partial charge in [0.2, 0.25) is 5.91 Å². The molecule has 112 valence electrons. The normalized spacial score (nSPS) is 12.7. The van der Waals surface area contributed by atoms with Gasteiger partial charge in [-0.05, 0) is 37.1 Å². The van der Waals surface area contributed by atoms with Gasteiger partial charge in [0.1, 0.15) is 0 Å². The molecule has 0 saturated carbocycles. The third-order valence-corrected chi connectivity index (χ3v) is 3.56. The zero-order chi connectivity index (χ0) is 15.1. The zero-order valence-corrected chi connectivity index (χ0v) is 13.0. The number of nitrogens with one attached hydrogen (secondary N) is 1. The average Bonchev–Trinajstić information content (AvgIpc) is 2.37. The molecule has 0 heterocycles. The van der Waals surface area contributed by atoms with Crippen LogP contribution in [-0.4, -0.2) is 29.9 Å². The lowest BCUT2D eigenvalue weighted by atomic mass is 10.1. The smallest absolute Gasteiger partial charge is 0.234 e. The summed E-state index contributed by atoms with van der Waals surface area (Å²) >= 11 is 0. The highest BCUT2D eigenvalue weighted by atomic mass is 16.2. The van der Waals surface area contributed by atoms with Crippen LogP contribution in [0.15, 0.2) is 24.3 Å². The molecule has 3 N–H and O–H groups in total. The number of carbonyl (C=O) groups excluding carboxylic acids is 1. The predicted molar refractivity (Wildman–Crippen MR) is 84.2 cm³/mol. The van der Waals surface area contributed by atoms with Crippen molar-refractivity contribution in [2.75, 3.05) is 18.8 Å². The second kappa shape index (κ2) is 7.90. The van der Waals surface area contributed by atoms with E-state index >= 15 is 0 Å². The van der Waals surface area contributed by atoms with Gasteiger partial charge in [-0.25, -0.2) is 0 Å². The van der Waals surface area contributed by atoms with Crippen molar-refractivity contribution in [2.45, 2.75) is 40.3 Å². The minimum atomic E-state index is 0.0805. The Bertz CT molecular complexity index is 431. The van der Waals surface area contributed by atoms with Crippen molar-refractivity contribution in [2.24, 2.45) is 5.92 Å². The van der Waals surface area contributed by atoms with Crippen LogP contribution in [-0.2, 0) is 11.3 Å². The summed E-state index contributed by atoms with van der Waals surface area (Å²) in [6.07, 6.45) is 0. The van der Waals surface area contributed by atoms with E-state index in [1.165, 1.54) is 0 Å². The number of likely N-dealkylation sites (N-methyl/N-ethyl adjacent to an activating group) is 1. The van der Waals surface area contributed by atoms with Crippen LogP contribution >= 0.6 is 0 Å². The highest BCUT2D eigenvalue weighted by Crippen LogP contribution is 2.09. The van der Waals surface area contributed by atoms with Gasteiger partial charge in [0.05, 0.1) is 6.54 Å². The SMILES string of the molecule is CCN(CC(=O)NC(C)C(C)C)Cc1cccc(N)c1. The average molecular weight is 277 g/mol. The van der Waals surface area contributed by atoms with Crippen molar-refractivity contribution in [3.8, 4) is 0 Å². The van der Waals surface area contributed by atoms with Crippen molar-refractivity contribution >= 4 is 11.6 Å². The van der Waals surface area contributed by atoms with E-state index in [4.69, 9.17) is 5.73 Å². The zero-order valence-electron chi connectivity index (χ0n) is 13.0. The second-order valence-corrected chi connectivity index (χ2v) is 5.65. The standard InChI is InChI=1S/C16H27N3O/c1-5-19(10-14-7-6-8-15(17)9-14)11-16(20)18-13(4)12(2)3/h6-9,12-13H,5,10-11,17H2,1-4H3,(H,18,20). The maximum atomic E-state index is 12.0. The summed E-state index contributed by atoms with van der Waals surface area (Å²) in [5.74, 6) is 0.528. The number of rotatable bonds is 7. The van der Waals surface area contributed by atoms with E-state index < -0.39 is 0 Å². The molecule has 20 heavy (non-hydrogen) atoms. The molecule has 0 bridgehead atoms. The van der Waals surface area contributed by atoms with Crippen LogP contribution in [0.3, 0.4) is 0 Å². The molecule has 0 spiro atoms. The maximum absolute atomic E-state index is 12.0. The van der Waals surface area contributed by atoms with E-state index in [9.17, 15) is 4.79 Å². The van der Waals surface area contributed by atoms with Crippen LogP contribution in [0.25, 0.3) is 0 Å². The van der Waals surface area contributed by atoms with Crippen LogP contribution < -0.4 is 11.1 Å². The van der Waals surface area contributed by atoms with E-state index in [1.807, 2.05) is 31.2 Å². The molecule has 4 heteroatoms. The number of carbonyl (C=O) groups is 1. The van der Waals surface area contributed by atoms with Crippen molar-refractivity contribution < 1.29 is 4.79 Å². The first-order valence-electron chi connectivity index (χ1n) is 7.28. The summed E-state index contributed by atoms with van der Waals surface area (Å²) in [4.78, 5) is 14.1. The molecule has 0 saturated heterocycles. The lowest BCUT2D eigenvalue weighted by Crippen LogP contribution is -2.42. The second-order valence-electron chi connectivity index (χ2n) is 5.65. The van der Waals surface area contributed by atoms with Gasteiger partial charge in [0.25, 0.3) is 0 Å². The van der Waals surface area contributed by atoms with Gasteiger partial charge < -0.3 is 11.1 Å². The predicted octanol–water partition coefficient (Wildman–Crippen LogP) is 2.25. The fraction of sp³-hybridized carbons (Fsp3) is 0.562. The fourth-order valence-electron chi connectivity index (χ4n) is 1.90. The van der Waals surface area contributed by atoms with Crippen molar-refractivity contribution in [3.05, 3.63) is 29.8 Å². The van der Waals surface area contributed by atoms with Crippen LogP contribution in [0.2, 0.25) is 0 Å². The fourth-order valence-corrected chi connectivity index (χ4v) is 1.90. The number of hydrogen-bond donors (Lipinski definition) is 2. The molecule has 0 aromatic heterocycles. The number of nitrogens with two attached hydrogens (primary N) is 1. The minimum Gasteiger partial charge on any atom is -0.399 e. The molecule has 0 aliphatic rings. The summed E-state index contributed by atoms with van der Waals surface area (Å²) in [5.41, 5.74) is 7.67. The highest BCUT2D eigenvalue weighted by molar-refractivity contribution is 5.78. The first-order chi connectivity index (χ1) is 9.42. The molecule has 1 amide bonds. The molecular weight excluding hydrogens is 250 g/mol. The Morgan fingerprint density at radius 1 is 1.35 bits per heavy atom. The van der Waals surface area contributed by atoms with Crippen LogP contribution in [0.5, 0.6) is 0 Å². The number of anilines is 1. The summed E-state index contributed by atoms with van der Waals surface area (Å²) in [5, 5.41) is 3.04. The van der Waals surface area contributed by atoms with E-state index in [0.717, 1.165) is 24.3 Å². The molecule has 4 nitrogen and oxygen atoms in total. The molecule has 1 unspecified atom stereocenters. The first kappa shape index (κ1) is 16.5. The van der Waals surface area contributed by atoms with Crippen molar-refractivity contribution in [3.63, 3.8) is 0 Å². The van der Waals surface area contributed by atoms with E-state index in [2.05, 4.69) is 31.0 Å². The lowest BCUT2D eigenvalue weighted by molar-refractivity contribution is -0.123. The van der Waals surface area contributed by atoms with Crippen LogP contribution in [0.4, 0.5) is 5.69 Å². The first-order valence-corrected chi connectivity index (χ1v) is 7.28. The van der Waals surface area contributed by atoms with E-state index in [0.29, 0.717) is 12.5 Å². The summed E-state index contributed by atoms with van der Waals surface area (Å²) in [7, 11) is 0. The molecule has 0 aliphatic heterocycles. The Morgan fingerprint density at radius 2 is 2.05 bits per heavy atom. The van der Waals surface area contributed by atoms with Crippen molar-refractivity contribution in [1.29, 1.82) is 0 Å². The van der Waals surface area contributed by atoms with Gasteiger partial charge in [-0.15, -0.1) is 0 Å². The Labute approximate surface area is 122 Å². The molecule has 1 aromatic carbocycles. The number of nitrogens with zero attached hydrogens (tertiary/aromatic N) is 1. The largest absolute Gasteiger partial charge is 0.399 e. The number of nitrogen functional groups attached to an aromatic ring is 1. The Kier molecular flexibility index (Phi) is 6.52. The van der Waals surface area contributed by atoms with Crippen molar-refractivity contribution in [1.82, 2.24) is 10.2 Å². The highest BCUT2D eigenvalue weighted by Gasteiger charge is 2.14. The van der Waals surface area contributed by atoms with Gasteiger partial charge in [0, 0.05) is 18.3 Å². The summed E-state index contributed by atoms with van der Waals surface area (Å²) < 4.78 is 0. The third kappa shape index (κ3) is 5.61. The van der Waals surface area contributed by atoms with Crippen LogP contribution in [0.1, 0.15) is 33.3 Å². The summed E-state index contributed by atoms with van der Waals surface area (Å²) in [6.45, 7) is 10.3. The Balaban J connectivity index is 2.53. The van der Waals surface area contributed by atoms with E-state index in [-0.39, 0.29) is 11.9 Å². The molecule has 0 aliphatic carbocycles. The molecule has 0 radical (unpaired) electrons. The monoisotopic (exact) mass is 277 g/mol. The molecule has 1 rings (SSSR count). The quantitative estimate of drug-likeness (QED) is 0.752. The van der Waals surface area contributed by atoms with E-state index in [1.54, 1.807) is 0 Å². The molecule has 0 fully saturated rings. The third-order valence-electron chi connectivity index (χ3n) is 3.56. The van der Waals surface area contributed by atoms with Crippen LogP contribution in [0, 0.1) is 5.92 Å². The number of benzene rings is 1.